The topological polar surface area (TPSA) is 92.0 Å². The minimum absolute atomic E-state index is 0.558. The SMILES string of the molecule is COc1cc(Nc2nc3n(n2)C=CN(c2cnn(CCN4CCOCC4)c2)C3)ccc1N1CCN(C)CC1. The van der Waals surface area contributed by atoms with Gasteiger partial charge in [-0.15, -0.1) is 5.10 Å². The monoisotopic (exact) mass is 520 g/mol. The van der Waals surface area contributed by atoms with Crippen molar-refractivity contribution in [1.29, 1.82) is 0 Å². The van der Waals surface area contributed by atoms with Crippen LogP contribution in [0.1, 0.15) is 5.82 Å². The van der Waals surface area contributed by atoms with Gasteiger partial charge in [-0.1, -0.05) is 0 Å². The standard InChI is InChI=1S/C26H36N10O2/c1-31-5-8-33(9-6-31)23-4-3-21(17-24(23)37-2)28-26-29-25-20-34(10-12-36(25)30-26)22-18-27-35(19-22)11-7-32-13-15-38-16-14-32/h3-4,10,12,17-19H,5-9,11,13-16,20H2,1-2H3,(H,28,30). The normalized spacial score (nSPS) is 18.6. The van der Waals surface area contributed by atoms with Gasteiger partial charge >= 0.3 is 0 Å². The maximum Gasteiger partial charge on any atom is 0.247 e. The number of fused-ring (bicyclic) bond motifs is 1. The summed E-state index contributed by atoms with van der Waals surface area (Å²) in [5, 5.41) is 12.5. The molecule has 38 heavy (non-hydrogen) atoms. The summed E-state index contributed by atoms with van der Waals surface area (Å²) in [4.78, 5) is 14.0. The molecule has 3 aliphatic rings. The summed E-state index contributed by atoms with van der Waals surface area (Å²) in [5.41, 5.74) is 3.05. The van der Waals surface area contributed by atoms with Gasteiger partial charge in [-0.3, -0.25) is 9.58 Å². The third-order valence-electron chi connectivity index (χ3n) is 7.38. The molecule has 0 unspecified atom stereocenters. The van der Waals surface area contributed by atoms with Gasteiger partial charge in [-0.25, -0.2) is 4.68 Å². The Morgan fingerprint density at radius 3 is 2.68 bits per heavy atom. The van der Waals surface area contributed by atoms with Crippen LogP contribution >= 0.6 is 0 Å². The second-order valence-electron chi connectivity index (χ2n) is 9.94. The number of ether oxygens (including phenoxy) is 2. The number of likely N-dealkylation sites (N-methyl/N-ethyl adjacent to an activating group) is 1. The lowest BCUT2D eigenvalue weighted by atomic mass is 10.2. The average Bonchev–Trinajstić information content (AvgIpc) is 3.59. The molecular formula is C26H36N10O2. The number of aromatic nitrogens is 5. The van der Waals surface area contributed by atoms with Crippen molar-refractivity contribution >= 4 is 29.2 Å². The van der Waals surface area contributed by atoms with Crippen LogP contribution in [0.3, 0.4) is 0 Å². The van der Waals surface area contributed by atoms with E-state index in [1.54, 1.807) is 7.11 Å². The number of benzene rings is 1. The largest absolute Gasteiger partial charge is 0.495 e. The molecule has 0 bridgehead atoms. The fourth-order valence-electron chi connectivity index (χ4n) is 5.05. The average molecular weight is 521 g/mol. The second-order valence-corrected chi connectivity index (χ2v) is 9.94. The Morgan fingerprint density at radius 2 is 1.87 bits per heavy atom. The maximum absolute atomic E-state index is 5.73. The van der Waals surface area contributed by atoms with Crippen molar-refractivity contribution in [2.75, 3.05) is 88.3 Å². The molecule has 202 valence electrons. The third-order valence-corrected chi connectivity index (χ3v) is 7.38. The van der Waals surface area contributed by atoms with Crippen molar-refractivity contribution in [3.8, 4) is 5.75 Å². The van der Waals surface area contributed by atoms with E-state index in [2.05, 4.69) is 60.5 Å². The van der Waals surface area contributed by atoms with Crippen LogP contribution in [0, 0.1) is 0 Å². The molecule has 0 amide bonds. The molecule has 6 rings (SSSR count). The first kappa shape index (κ1) is 24.7. The van der Waals surface area contributed by atoms with Crippen LogP contribution in [0.15, 0.2) is 36.8 Å². The predicted molar refractivity (Wildman–Crippen MR) is 147 cm³/mol. The number of nitrogens with zero attached hydrogens (tertiary/aromatic N) is 9. The van der Waals surface area contributed by atoms with Crippen molar-refractivity contribution in [1.82, 2.24) is 34.3 Å². The molecule has 3 aliphatic heterocycles. The third kappa shape index (κ3) is 5.47. The summed E-state index contributed by atoms with van der Waals surface area (Å²) >= 11 is 0. The van der Waals surface area contributed by atoms with Crippen LogP contribution in [0.4, 0.5) is 23.0 Å². The zero-order valence-corrected chi connectivity index (χ0v) is 22.2. The molecule has 0 spiro atoms. The van der Waals surface area contributed by atoms with Crippen LogP contribution in [-0.4, -0.2) is 108 Å². The summed E-state index contributed by atoms with van der Waals surface area (Å²) in [6, 6.07) is 6.19. The minimum Gasteiger partial charge on any atom is -0.495 e. The van der Waals surface area contributed by atoms with Crippen LogP contribution in [-0.2, 0) is 17.8 Å². The predicted octanol–water partition coefficient (Wildman–Crippen LogP) is 1.76. The highest BCUT2D eigenvalue weighted by Gasteiger charge is 2.20. The number of hydrogen-bond acceptors (Lipinski definition) is 10. The molecule has 2 fully saturated rings. The molecule has 12 heteroatoms. The first-order chi connectivity index (χ1) is 18.6. The van der Waals surface area contributed by atoms with E-state index < -0.39 is 0 Å². The lowest BCUT2D eigenvalue weighted by Crippen LogP contribution is -2.44. The zero-order chi connectivity index (χ0) is 25.9. The van der Waals surface area contributed by atoms with Crippen molar-refractivity contribution in [2.45, 2.75) is 13.1 Å². The van der Waals surface area contributed by atoms with Gasteiger partial charge in [-0.2, -0.15) is 10.1 Å². The molecule has 3 aromatic rings. The van der Waals surface area contributed by atoms with Crippen molar-refractivity contribution in [2.24, 2.45) is 0 Å². The van der Waals surface area contributed by atoms with Crippen LogP contribution in [0.5, 0.6) is 5.75 Å². The summed E-state index contributed by atoms with van der Waals surface area (Å²) in [6.07, 6.45) is 7.94. The molecule has 0 radical (unpaired) electrons. The summed E-state index contributed by atoms with van der Waals surface area (Å²) in [6.45, 7) is 10.1. The molecule has 0 saturated carbocycles. The van der Waals surface area contributed by atoms with Gasteiger partial charge in [0.15, 0.2) is 5.82 Å². The first-order valence-electron chi connectivity index (χ1n) is 13.3. The maximum atomic E-state index is 5.73. The summed E-state index contributed by atoms with van der Waals surface area (Å²) < 4.78 is 15.0. The van der Waals surface area contributed by atoms with Crippen LogP contribution in [0.25, 0.3) is 6.20 Å². The number of hydrogen-bond donors (Lipinski definition) is 1. The molecule has 0 aliphatic carbocycles. The van der Waals surface area contributed by atoms with Gasteiger partial charge in [0.1, 0.15) is 5.75 Å². The van der Waals surface area contributed by atoms with Crippen molar-refractivity contribution in [3.05, 3.63) is 42.6 Å². The molecular weight excluding hydrogens is 484 g/mol. The van der Waals surface area contributed by atoms with E-state index in [0.29, 0.717) is 12.5 Å². The quantitative estimate of drug-likeness (QED) is 0.474. The highest BCUT2D eigenvalue weighted by atomic mass is 16.5. The number of anilines is 4. The van der Waals surface area contributed by atoms with Gasteiger partial charge in [-0.05, 0) is 19.2 Å². The van der Waals surface area contributed by atoms with Gasteiger partial charge in [0, 0.05) is 76.2 Å². The lowest BCUT2D eigenvalue weighted by Gasteiger charge is -2.34. The van der Waals surface area contributed by atoms with E-state index in [4.69, 9.17) is 14.5 Å². The molecule has 1 N–H and O–H groups in total. The smallest absolute Gasteiger partial charge is 0.247 e. The van der Waals surface area contributed by atoms with E-state index in [1.807, 2.05) is 34.0 Å². The second kappa shape index (κ2) is 11.0. The van der Waals surface area contributed by atoms with E-state index in [9.17, 15) is 0 Å². The molecule has 0 atom stereocenters. The number of methoxy groups -OCH3 is 1. The number of nitrogens with one attached hydrogen (secondary N) is 1. The van der Waals surface area contributed by atoms with Crippen LogP contribution in [0.2, 0.25) is 0 Å². The Kier molecular flexibility index (Phi) is 7.16. The molecule has 12 nitrogen and oxygen atoms in total. The fourth-order valence-corrected chi connectivity index (χ4v) is 5.05. The van der Waals surface area contributed by atoms with Gasteiger partial charge < -0.3 is 29.5 Å². The number of rotatable bonds is 8. The molecule has 2 saturated heterocycles. The Morgan fingerprint density at radius 1 is 1.03 bits per heavy atom. The Labute approximate surface area is 223 Å². The minimum atomic E-state index is 0.558. The zero-order valence-electron chi connectivity index (χ0n) is 22.2. The highest BCUT2D eigenvalue weighted by Crippen LogP contribution is 2.33. The number of morpholine rings is 1. The Balaban J connectivity index is 1.08. The molecule has 5 heterocycles. The van der Waals surface area contributed by atoms with E-state index in [-0.39, 0.29) is 0 Å². The lowest BCUT2D eigenvalue weighted by molar-refractivity contribution is 0.0360. The highest BCUT2D eigenvalue weighted by molar-refractivity contribution is 5.67. The Bertz CT molecular complexity index is 1260. The fraction of sp³-hybridized carbons (Fsp3) is 0.500. The van der Waals surface area contributed by atoms with Gasteiger partial charge in [0.25, 0.3) is 0 Å². The van der Waals surface area contributed by atoms with E-state index in [1.165, 1.54) is 0 Å². The van der Waals surface area contributed by atoms with Gasteiger partial charge in [0.2, 0.25) is 5.95 Å². The van der Waals surface area contributed by atoms with E-state index in [0.717, 1.165) is 94.2 Å². The Hall–Kier alpha value is -3.61. The molecule has 1 aromatic carbocycles. The summed E-state index contributed by atoms with van der Waals surface area (Å²) in [5.74, 6) is 2.26. The van der Waals surface area contributed by atoms with Crippen LogP contribution < -0.4 is 19.9 Å². The van der Waals surface area contributed by atoms with Crippen molar-refractivity contribution in [3.63, 3.8) is 0 Å². The molecule has 2 aromatic heterocycles. The van der Waals surface area contributed by atoms with E-state index >= 15 is 0 Å². The number of piperazine rings is 1. The summed E-state index contributed by atoms with van der Waals surface area (Å²) in [7, 11) is 3.88. The van der Waals surface area contributed by atoms with Gasteiger partial charge in [0.05, 0.1) is 51.0 Å². The first-order valence-corrected chi connectivity index (χ1v) is 13.3. The van der Waals surface area contributed by atoms with Crippen molar-refractivity contribution < 1.29 is 9.47 Å².